The van der Waals surface area contributed by atoms with E-state index in [4.69, 9.17) is 0 Å². The van der Waals surface area contributed by atoms with Gasteiger partial charge in [0.15, 0.2) is 0 Å². The summed E-state index contributed by atoms with van der Waals surface area (Å²) in [4.78, 5) is 27.6. The maximum absolute atomic E-state index is 12.5. The van der Waals surface area contributed by atoms with Gasteiger partial charge in [-0.1, -0.05) is 25.1 Å². The number of nitrogens with one attached hydrogen (secondary N) is 1. The number of carbonyl (C=O) groups excluding carboxylic acids is 1. The largest absolute Gasteiger partial charge is 0.310 e. The lowest BCUT2D eigenvalue weighted by atomic mass is 10.1. The number of nitro benzene ring substituents is 1. The average Bonchev–Trinajstić information content (AvgIpc) is 2.93. The highest BCUT2D eigenvalue weighted by atomic mass is 16.6. The first-order valence-electron chi connectivity index (χ1n) is 8.03. The molecule has 3 aromatic rings. The zero-order valence-electron chi connectivity index (χ0n) is 14.0. The van der Waals surface area contributed by atoms with E-state index < -0.39 is 10.8 Å². The third-order valence-corrected chi connectivity index (χ3v) is 4.00. The molecule has 7 heteroatoms. The highest BCUT2D eigenvalue weighted by Gasteiger charge is 2.17. The number of carbonyl (C=O) groups is 1. The van der Waals surface area contributed by atoms with Crippen molar-refractivity contribution in [3.63, 3.8) is 0 Å². The van der Waals surface area contributed by atoms with E-state index in [9.17, 15) is 14.9 Å². The normalized spacial score (nSPS) is 10.8. The van der Waals surface area contributed by atoms with Gasteiger partial charge in [-0.05, 0) is 31.5 Å². The minimum atomic E-state index is -0.488. The number of benzene rings is 2. The number of aromatic nitrogens is 2. The number of nitro groups is 1. The molecule has 0 bridgehead atoms. The summed E-state index contributed by atoms with van der Waals surface area (Å²) in [5.41, 5.74) is 2.40. The second-order valence-electron chi connectivity index (χ2n) is 5.79. The number of nitrogens with zero attached hydrogens (tertiary/aromatic N) is 3. The van der Waals surface area contributed by atoms with Crippen LogP contribution in [0.5, 0.6) is 0 Å². The molecule has 7 nitrogen and oxygen atoms in total. The minimum absolute atomic E-state index is 0.0743. The average molecular weight is 338 g/mol. The van der Waals surface area contributed by atoms with Crippen LogP contribution in [0.3, 0.4) is 0 Å². The molecule has 1 heterocycles. The molecule has 0 unspecified atom stereocenters. The lowest BCUT2D eigenvalue weighted by molar-refractivity contribution is -0.385. The van der Waals surface area contributed by atoms with Gasteiger partial charge < -0.3 is 4.57 Å². The first-order chi connectivity index (χ1) is 12.0. The first-order valence-corrected chi connectivity index (χ1v) is 8.03. The maximum atomic E-state index is 12.5. The van der Waals surface area contributed by atoms with Crippen molar-refractivity contribution in [2.75, 3.05) is 5.32 Å². The van der Waals surface area contributed by atoms with Gasteiger partial charge >= 0.3 is 0 Å². The molecular formula is C18H18N4O3. The SMILES string of the molecule is CCCn1c(NC(=O)c2ccc(C)c([N+](=O)[O-])c2)nc2ccccc21. The fourth-order valence-electron chi connectivity index (χ4n) is 2.74. The van der Waals surface area contributed by atoms with E-state index in [1.165, 1.54) is 6.07 Å². The predicted octanol–water partition coefficient (Wildman–Crippen LogP) is 3.92. The Balaban J connectivity index is 1.96. The molecule has 0 spiro atoms. The van der Waals surface area contributed by atoms with Crippen LogP contribution >= 0.6 is 0 Å². The van der Waals surface area contributed by atoms with Crippen LogP contribution in [-0.4, -0.2) is 20.4 Å². The Hall–Kier alpha value is -3.22. The van der Waals surface area contributed by atoms with Crippen molar-refractivity contribution in [2.24, 2.45) is 0 Å². The molecule has 1 N–H and O–H groups in total. The third kappa shape index (κ3) is 3.21. The van der Waals surface area contributed by atoms with Crippen LogP contribution in [0.4, 0.5) is 11.6 Å². The quantitative estimate of drug-likeness (QED) is 0.564. The Morgan fingerprint density at radius 3 is 2.76 bits per heavy atom. The summed E-state index contributed by atoms with van der Waals surface area (Å²) in [6.45, 7) is 4.40. The molecule has 0 radical (unpaired) electrons. The van der Waals surface area contributed by atoms with Gasteiger partial charge in [-0.2, -0.15) is 0 Å². The Morgan fingerprint density at radius 2 is 2.04 bits per heavy atom. The lowest BCUT2D eigenvalue weighted by Gasteiger charge is -2.09. The summed E-state index contributed by atoms with van der Waals surface area (Å²) in [5, 5.41) is 13.8. The topological polar surface area (TPSA) is 90.1 Å². The zero-order valence-corrected chi connectivity index (χ0v) is 14.0. The fraction of sp³-hybridized carbons (Fsp3) is 0.222. The van der Waals surface area contributed by atoms with Gasteiger partial charge in [-0.3, -0.25) is 20.2 Å². The van der Waals surface area contributed by atoms with E-state index in [1.54, 1.807) is 19.1 Å². The molecule has 0 saturated heterocycles. The van der Waals surface area contributed by atoms with Gasteiger partial charge in [0.05, 0.1) is 16.0 Å². The van der Waals surface area contributed by atoms with E-state index in [2.05, 4.69) is 10.3 Å². The number of aryl methyl sites for hydroxylation is 2. The van der Waals surface area contributed by atoms with Crippen LogP contribution < -0.4 is 5.32 Å². The number of rotatable bonds is 5. The number of hydrogen-bond donors (Lipinski definition) is 1. The number of fused-ring (bicyclic) bond motifs is 1. The number of hydrogen-bond acceptors (Lipinski definition) is 4. The van der Waals surface area contributed by atoms with E-state index in [0.717, 1.165) is 17.5 Å². The predicted molar refractivity (Wildman–Crippen MR) is 95.8 cm³/mol. The molecule has 0 aliphatic heterocycles. The monoisotopic (exact) mass is 338 g/mol. The second-order valence-corrected chi connectivity index (χ2v) is 5.79. The molecule has 25 heavy (non-hydrogen) atoms. The molecule has 1 aromatic heterocycles. The Bertz CT molecular complexity index is 962. The van der Waals surface area contributed by atoms with Crippen molar-refractivity contribution in [2.45, 2.75) is 26.8 Å². The van der Waals surface area contributed by atoms with Crippen molar-refractivity contribution in [1.29, 1.82) is 0 Å². The summed E-state index contributed by atoms with van der Waals surface area (Å²) < 4.78 is 1.94. The van der Waals surface area contributed by atoms with Crippen molar-refractivity contribution in [3.8, 4) is 0 Å². The molecule has 128 valence electrons. The molecule has 0 saturated carbocycles. The van der Waals surface area contributed by atoms with E-state index >= 15 is 0 Å². The highest BCUT2D eigenvalue weighted by Crippen LogP contribution is 2.22. The van der Waals surface area contributed by atoms with Gasteiger partial charge in [0.1, 0.15) is 0 Å². The fourth-order valence-corrected chi connectivity index (χ4v) is 2.74. The van der Waals surface area contributed by atoms with Gasteiger partial charge in [-0.15, -0.1) is 0 Å². The van der Waals surface area contributed by atoms with Crippen LogP contribution in [0.2, 0.25) is 0 Å². The van der Waals surface area contributed by atoms with Gasteiger partial charge in [0.2, 0.25) is 5.95 Å². The standard InChI is InChI=1S/C18H18N4O3/c1-3-10-21-15-7-5-4-6-14(15)19-18(21)20-17(23)13-9-8-12(2)16(11-13)22(24)25/h4-9,11H,3,10H2,1-2H3,(H,19,20,23). The van der Waals surface area contributed by atoms with Crippen LogP contribution in [0.25, 0.3) is 11.0 Å². The van der Waals surface area contributed by atoms with Crippen LogP contribution in [0.1, 0.15) is 29.3 Å². The lowest BCUT2D eigenvalue weighted by Crippen LogP contribution is -2.16. The Labute approximate surface area is 144 Å². The van der Waals surface area contributed by atoms with Crippen LogP contribution in [0.15, 0.2) is 42.5 Å². The van der Waals surface area contributed by atoms with E-state index in [-0.39, 0.29) is 11.3 Å². The number of anilines is 1. The minimum Gasteiger partial charge on any atom is -0.310 e. The van der Waals surface area contributed by atoms with E-state index in [1.807, 2.05) is 35.8 Å². The number of amides is 1. The zero-order chi connectivity index (χ0) is 18.0. The summed E-state index contributed by atoms with van der Waals surface area (Å²) in [7, 11) is 0. The molecule has 0 fully saturated rings. The summed E-state index contributed by atoms with van der Waals surface area (Å²) >= 11 is 0. The summed E-state index contributed by atoms with van der Waals surface area (Å²) in [6, 6.07) is 12.1. The van der Waals surface area contributed by atoms with Crippen LogP contribution in [-0.2, 0) is 6.54 Å². The maximum Gasteiger partial charge on any atom is 0.273 e. The molecule has 0 atom stereocenters. The van der Waals surface area contributed by atoms with E-state index in [0.29, 0.717) is 18.1 Å². The summed E-state index contributed by atoms with van der Waals surface area (Å²) in [5.74, 6) is 0.0204. The van der Waals surface area contributed by atoms with Crippen LogP contribution in [0, 0.1) is 17.0 Å². The van der Waals surface area contributed by atoms with Gasteiger partial charge in [0, 0.05) is 23.7 Å². The molecule has 0 aliphatic rings. The third-order valence-electron chi connectivity index (χ3n) is 4.00. The Kier molecular flexibility index (Phi) is 4.47. The molecule has 3 rings (SSSR count). The van der Waals surface area contributed by atoms with Crippen molar-refractivity contribution >= 4 is 28.6 Å². The highest BCUT2D eigenvalue weighted by molar-refractivity contribution is 6.04. The molecule has 2 aromatic carbocycles. The Morgan fingerprint density at radius 1 is 1.28 bits per heavy atom. The van der Waals surface area contributed by atoms with Crippen molar-refractivity contribution in [3.05, 3.63) is 63.7 Å². The van der Waals surface area contributed by atoms with Crippen molar-refractivity contribution < 1.29 is 9.72 Å². The van der Waals surface area contributed by atoms with Crippen molar-refractivity contribution in [1.82, 2.24) is 9.55 Å². The molecule has 0 aliphatic carbocycles. The first kappa shape index (κ1) is 16.6. The summed E-state index contributed by atoms with van der Waals surface area (Å²) in [6.07, 6.45) is 0.888. The second kappa shape index (κ2) is 6.72. The van der Waals surface area contributed by atoms with Gasteiger partial charge in [-0.25, -0.2) is 4.98 Å². The number of para-hydroxylation sites is 2. The number of imidazole rings is 1. The smallest absolute Gasteiger partial charge is 0.273 e. The van der Waals surface area contributed by atoms with Gasteiger partial charge in [0.25, 0.3) is 11.6 Å². The molecular weight excluding hydrogens is 320 g/mol. The molecule has 1 amide bonds.